The maximum absolute atomic E-state index is 12.0. The Morgan fingerprint density at radius 2 is 1.92 bits per heavy atom. The van der Waals surface area contributed by atoms with Crippen LogP contribution >= 0.6 is 0 Å². The van der Waals surface area contributed by atoms with Gasteiger partial charge in [-0.2, -0.15) is 4.98 Å². The van der Waals surface area contributed by atoms with Gasteiger partial charge in [-0.3, -0.25) is 9.59 Å². The van der Waals surface area contributed by atoms with E-state index in [0.717, 1.165) is 5.69 Å². The number of nitrogens with one attached hydrogen (secondary N) is 2. The van der Waals surface area contributed by atoms with Crippen molar-refractivity contribution in [1.82, 2.24) is 20.1 Å². The lowest BCUT2D eigenvalue weighted by atomic mass is 10.2. The van der Waals surface area contributed by atoms with E-state index in [2.05, 4.69) is 20.7 Å². The van der Waals surface area contributed by atoms with Crippen LogP contribution in [0.15, 0.2) is 60.9 Å². The molecule has 3 rings (SSSR count). The van der Waals surface area contributed by atoms with Crippen molar-refractivity contribution in [3.8, 4) is 11.7 Å². The van der Waals surface area contributed by atoms with Crippen molar-refractivity contribution in [3.05, 3.63) is 66.5 Å². The molecule has 2 amide bonds. The van der Waals surface area contributed by atoms with Gasteiger partial charge in [0.2, 0.25) is 0 Å². The third-order valence-corrected chi connectivity index (χ3v) is 3.46. The summed E-state index contributed by atoms with van der Waals surface area (Å²) in [6.45, 7) is -0.247. The molecule has 0 radical (unpaired) electrons. The summed E-state index contributed by atoms with van der Waals surface area (Å²) in [5.41, 5.74) is 1.79. The third-order valence-electron chi connectivity index (χ3n) is 3.46. The zero-order valence-electron chi connectivity index (χ0n) is 14.0. The van der Waals surface area contributed by atoms with Crippen molar-refractivity contribution >= 4 is 17.5 Å². The minimum Gasteiger partial charge on any atom is -0.452 e. The Bertz CT molecular complexity index is 908. The van der Waals surface area contributed by atoms with Crippen LogP contribution in [0.4, 0.5) is 5.69 Å². The summed E-state index contributed by atoms with van der Waals surface area (Å²) >= 11 is 0. The Labute approximate surface area is 149 Å². The van der Waals surface area contributed by atoms with Crippen LogP contribution in [-0.2, 0) is 4.79 Å². The van der Waals surface area contributed by atoms with Gasteiger partial charge in [-0.15, -0.1) is 5.10 Å². The Hall–Kier alpha value is -3.68. The normalized spacial score (nSPS) is 10.2. The van der Waals surface area contributed by atoms with E-state index in [-0.39, 0.29) is 24.4 Å². The fraction of sp³-hybridized carbons (Fsp3) is 0.111. The van der Waals surface area contributed by atoms with Crippen molar-refractivity contribution in [3.63, 3.8) is 0 Å². The van der Waals surface area contributed by atoms with Crippen molar-refractivity contribution in [2.75, 3.05) is 19.0 Å². The molecular weight excluding hydrogens is 334 g/mol. The van der Waals surface area contributed by atoms with Crippen molar-refractivity contribution in [2.24, 2.45) is 0 Å². The molecule has 1 heterocycles. The lowest BCUT2D eigenvalue weighted by Gasteiger charge is -2.07. The zero-order valence-corrected chi connectivity index (χ0v) is 14.0. The first-order chi connectivity index (χ1) is 12.7. The van der Waals surface area contributed by atoms with E-state index < -0.39 is 0 Å². The average molecular weight is 351 g/mol. The van der Waals surface area contributed by atoms with Crippen LogP contribution in [0.1, 0.15) is 10.4 Å². The molecule has 2 N–H and O–H groups in total. The zero-order chi connectivity index (χ0) is 18.4. The second-order valence-corrected chi connectivity index (χ2v) is 5.30. The standard InChI is InChI=1S/C18H17N5O3/c1-19-17(25)13-6-5-7-14(10-13)21-16(24)11-26-18-20-12-23(22-18)15-8-3-2-4-9-15/h2-10,12H,11H2,1H3,(H,19,25)(H,21,24). The molecule has 0 aliphatic rings. The number of carbonyl (C=O) groups is 2. The second-order valence-electron chi connectivity index (χ2n) is 5.30. The first-order valence-corrected chi connectivity index (χ1v) is 7.87. The molecule has 8 heteroatoms. The van der Waals surface area contributed by atoms with Gasteiger partial charge in [-0.25, -0.2) is 4.68 Å². The molecule has 2 aromatic carbocycles. The predicted octanol–water partition coefficient (Wildman–Crippen LogP) is 1.64. The van der Waals surface area contributed by atoms with Crippen LogP contribution in [0, 0.1) is 0 Å². The van der Waals surface area contributed by atoms with E-state index in [0.29, 0.717) is 11.3 Å². The van der Waals surface area contributed by atoms with Crippen LogP contribution < -0.4 is 15.4 Å². The summed E-state index contributed by atoms with van der Waals surface area (Å²) in [7, 11) is 1.54. The highest BCUT2D eigenvalue weighted by Crippen LogP contribution is 2.11. The van der Waals surface area contributed by atoms with E-state index in [1.807, 2.05) is 30.3 Å². The van der Waals surface area contributed by atoms with Crippen LogP contribution in [-0.4, -0.2) is 40.2 Å². The molecule has 0 spiro atoms. The summed E-state index contributed by atoms with van der Waals surface area (Å²) in [5, 5.41) is 9.35. The third kappa shape index (κ3) is 4.23. The molecule has 0 aliphatic carbocycles. The number of nitrogens with zero attached hydrogens (tertiary/aromatic N) is 3. The number of hydrogen-bond acceptors (Lipinski definition) is 5. The number of para-hydroxylation sites is 1. The van der Waals surface area contributed by atoms with E-state index in [1.165, 1.54) is 6.33 Å². The van der Waals surface area contributed by atoms with Crippen molar-refractivity contribution in [2.45, 2.75) is 0 Å². The van der Waals surface area contributed by atoms with Gasteiger partial charge in [0.25, 0.3) is 11.8 Å². The monoisotopic (exact) mass is 351 g/mol. The molecule has 0 unspecified atom stereocenters. The molecule has 3 aromatic rings. The van der Waals surface area contributed by atoms with Crippen LogP contribution in [0.25, 0.3) is 5.69 Å². The summed E-state index contributed by atoms with van der Waals surface area (Å²) in [4.78, 5) is 27.6. The molecular formula is C18H17N5O3. The average Bonchev–Trinajstić information content (AvgIpc) is 3.16. The van der Waals surface area contributed by atoms with Gasteiger partial charge in [0.05, 0.1) is 5.69 Å². The van der Waals surface area contributed by atoms with E-state index in [1.54, 1.807) is 36.0 Å². The Balaban J connectivity index is 1.56. The maximum Gasteiger partial charge on any atom is 0.336 e. The fourth-order valence-electron chi connectivity index (χ4n) is 2.23. The maximum atomic E-state index is 12.0. The highest BCUT2D eigenvalue weighted by atomic mass is 16.5. The number of amides is 2. The number of rotatable bonds is 6. The van der Waals surface area contributed by atoms with Gasteiger partial charge in [0.1, 0.15) is 6.33 Å². The molecule has 1 aromatic heterocycles. The first-order valence-electron chi connectivity index (χ1n) is 7.87. The lowest BCUT2D eigenvalue weighted by molar-refractivity contribution is -0.118. The molecule has 8 nitrogen and oxygen atoms in total. The van der Waals surface area contributed by atoms with Gasteiger partial charge in [-0.05, 0) is 30.3 Å². The molecule has 26 heavy (non-hydrogen) atoms. The van der Waals surface area contributed by atoms with E-state index in [4.69, 9.17) is 4.74 Å². The van der Waals surface area contributed by atoms with Gasteiger partial charge in [0.15, 0.2) is 6.61 Å². The first kappa shape index (κ1) is 17.2. The number of carbonyl (C=O) groups excluding carboxylic acids is 2. The number of ether oxygens (including phenoxy) is 1. The number of anilines is 1. The highest BCUT2D eigenvalue weighted by molar-refractivity contribution is 5.97. The quantitative estimate of drug-likeness (QED) is 0.704. The van der Waals surface area contributed by atoms with Gasteiger partial charge in [-0.1, -0.05) is 24.3 Å². The Morgan fingerprint density at radius 3 is 2.69 bits per heavy atom. The topological polar surface area (TPSA) is 98.1 Å². The highest BCUT2D eigenvalue weighted by Gasteiger charge is 2.09. The van der Waals surface area contributed by atoms with Crippen LogP contribution in [0.3, 0.4) is 0 Å². The lowest BCUT2D eigenvalue weighted by Crippen LogP contribution is -2.21. The molecule has 132 valence electrons. The number of aromatic nitrogens is 3. The summed E-state index contributed by atoms with van der Waals surface area (Å²) in [5.74, 6) is -0.608. The molecule has 0 aliphatic heterocycles. The minimum absolute atomic E-state index is 0.100. The summed E-state index contributed by atoms with van der Waals surface area (Å²) in [6.07, 6.45) is 1.51. The van der Waals surface area contributed by atoms with Crippen molar-refractivity contribution in [1.29, 1.82) is 0 Å². The van der Waals surface area contributed by atoms with Gasteiger partial charge in [0, 0.05) is 18.3 Å². The Kier molecular flexibility index (Phi) is 5.23. The van der Waals surface area contributed by atoms with Gasteiger partial charge < -0.3 is 15.4 Å². The SMILES string of the molecule is CNC(=O)c1cccc(NC(=O)COc2ncn(-c3ccccc3)n2)c1. The molecule has 0 fully saturated rings. The van der Waals surface area contributed by atoms with Crippen molar-refractivity contribution < 1.29 is 14.3 Å². The predicted molar refractivity (Wildman–Crippen MR) is 95.3 cm³/mol. The fourth-order valence-corrected chi connectivity index (χ4v) is 2.23. The van der Waals surface area contributed by atoms with Crippen LogP contribution in [0.2, 0.25) is 0 Å². The molecule has 0 bridgehead atoms. The van der Waals surface area contributed by atoms with E-state index in [9.17, 15) is 9.59 Å². The number of hydrogen-bond donors (Lipinski definition) is 2. The summed E-state index contributed by atoms with van der Waals surface area (Å²) < 4.78 is 6.86. The molecule has 0 saturated carbocycles. The molecule has 0 saturated heterocycles. The van der Waals surface area contributed by atoms with E-state index >= 15 is 0 Å². The number of benzene rings is 2. The second kappa shape index (κ2) is 7.93. The largest absolute Gasteiger partial charge is 0.452 e. The Morgan fingerprint density at radius 1 is 1.12 bits per heavy atom. The minimum atomic E-state index is -0.380. The summed E-state index contributed by atoms with van der Waals surface area (Å²) in [6, 6.07) is 16.1. The van der Waals surface area contributed by atoms with Gasteiger partial charge >= 0.3 is 6.01 Å². The van der Waals surface area contributed by atoms with Crippen LogP contribution in [0.5, 0.6) is 6.01 Å². The smallest absolute Gasteiger partial charge is 0.336 e. The molecule has 0 atom stereocenters.